The van der Waals surface area contributed by atoms with Gasteiger partial charge in [-0.25, -0.2) is 0 Å². The standard InChI is InChI=1S/C56H32O/c1-2-13-51-46(12-1)50-31-40(23-29-52(50)57-51)39-10-5-11-41(30-39)44-25-22-42(43-24-18-37-16-14-33-6-3-8-35-20-27-47(43)55(37)53(33)35)32-49(44)45-26-19-38-17-15-34-7-4-9-36-21-28-48(45)56(38)54(34)36/h1-32H/i1D,2D,5D,10D,11D,12D,13D,23D,29D,30D,31D. The van der Waals surface area contributed by atoms with Crippen LogP contribution in [-0.2, 0) is 0 Å². The van der Waals surface area contributed by atoms with Crippen molar-refractivity contribution in [2.75, 3.05) is 0 Å². The lowest BCUT2D eigenvalue weighted by atomic mass is 9.84. The van der Waals surface area contributed by atoms with Crippen LogP contribution in [0, 0.1) is 0 Å². The van der Waals surface area contributed by atoms with Crippen molar-refractivity contribution >= 4 is 86.6 Å². The van der Waals surface area contributed by atoms with E-state index >= 15 is 0 Å². The Bertz CT molecular complexity index is 4370. The summed E-state index contributed by atoms with van der Waals surface area (Å²) in [5.41, 5.74) is 2.46. The van der Waals surface area contributed by atoms with E-state index in [1.165, 1.54) is 5.39 Å². The molecule has 0 aliphatic carbocycles. The minimum Gasteiger partial charge on any atom is -0.456 e. The number of hydrogen-bond donors (Lipinski definition) is 0. The van der Waals surface area contributed by atoms with Crippen LogP contribution in [0.5, 0.6) is 0 Å². The average molecular weight is 732 g/mol. The zero-order valence-corrected chi connectivity index (χ0v) is 30.0. The normalized spacial score (nSPS) is 14.9. The van der Waals surface area contributed by atoms with Crippen LogP contribution in [0.4, 0.5) is 0 Å². The molecule has 0 unspecified atom stereocenters. The van der Waals surface area contributed by atoms with Crippen LogP contribution < -0.4 is 0 Å². The van der Waals surface area contributed by atoms with Crippen molar-refractivity contribution in [2.45, 2.75) is 0 Å². The molecule has 1 nitrogen and oxygen atoms in total. The Morgan fingerprint density at radius 2 is 0.860 bits per heavy atom. The predicted octanol–water partition coefficient (Wildman–Crippen LogP) is 16.0. The van der Waals surface area contributed by atoms with Crippen molar-refractivity contribution in [1.29, 1.82) is 0 Å². The molecule has 0 saturated carbocycles. The van der Waals surface area contributed by atoms with Crippen LogP contribution in [0.15, 0.2) is 198 Å². The van der Waals surface area contributed by atoms with E-state index in [4.69, 9.17) is 11.3 Å². The highest BCUT2D eigenvalue weighted by molar-refractivity contribution is 6.27. The van der Waals surface area contributed by atoms with Crippen LogP contribution in [0.1, 0.15) is 15.1 Å². The molecule has 0 saturated heterocycles. The molecule has 0 radical (unpaired) electrons. The first-order valence-electron chi connectivity index (χ1n) is 24.3. The van der Waals surface area contributed by atoms with Crippen molar-refractivity contribution in [1.82, 2.24) is 0 Å². The van der Waals surface area contributed by atoms with Crippen molar-refractivity contribution in [3.8, 4) is 44.5 Å². The lowest BCUT2D eigenvalue weighted by molar-refractivity contribution is 0.669. The minimum atomic E-state index is -0.589. The Kier molecular flexibility index (Phi) is 4.48. The summed E-state index contributed by atoms with van der Waals surface area (Å²) >= 11 is 0. The maximum atomic E-state index is 9.98. The van der Waals surface area contributed by atoms with Gasteiger partial charge in [0.05, 0.1) is 15.1 Å². The number of fused-ring (bicyclic) bond motifs is 3. The molecule has 1 heterocycles. The van der Waals surface area contributed by atoms with Crippen molar-refractivity contribution in [2.24, 2.45) is 0 Å². The van der Waals surface area contributed by atoms with E-state index < -0.39 is 66.5 Å². The van der Waals surface area contributed by atoms with E-state index in [0.29, 0.717) is 11.1 Å². The van der Waals surface area contributed by atoms with Crippen LogP contribution in [0.3, 0.4) is 0 Å². The Morgan fingerprint density at radius 1 is 0.316 bits per heavy atom. The molecular formula is C56H32O. The van der Waals surface area contributed by atoms with Gasteiger partial charge in [0.25, 0.3) is 0 Å². The van der Waals surface area contributed by atoms with Gasteiger partial charge in [0.2, 0.25) is 0 Å². The first-order valence-corrected chi connectivity index (χ1v) is 18.8. The first-order chi connectivity index (χ1) is 32.8. The fourth-order valence-corrected chi connectivity index (χ4v) is 9.14. The summed E-state index contributed by atoms with van der Waals surface area (Å²) in [5, 5.41) is 12.7. The first kappa shape index (κ1) is 22.2. The Hall–Kier alpha value is -7.48. The van der Waals surface area contributed by atoms with E-state index in [9.17, 15) is 8.22 Å². The van der Waals surface area contributed by atoms with Gasteiger partial charge in [0, 0.05) is 10.8 Å². The fraction of sp³-hybridized carbons (Fsp3) is 0. The summed E-state index contributed by atoms with van der Waals surface area (Å²) in [6.07, 6.45) is 0. The molecule has 0 aliphatic heterocycles. The lowest BCUT2D eigenvalue weighted by Crippen LogP contribution is -1.92. The van der Waals surface area contributed by atoms with E-state index in [0.717, 1.165) is 75.9 Å². The van der Waals surface area contributed by atoms with Gasteiger partial charge in [-0.05, 0) is 139 Å². The molecule has 57 heavy (non-hydrogen) atoms. The SMILES string of the molecule is [2H]c1c([2H])c(-c2ccc(-c3ccc4ccc5cccc6ccc3c4c56)cc2-c2ccc3ccc4cccc5ccc2c3c45)c([2H])c(-c2c([2H])c([2H])c3oc4c([2H])c([2H])c([2H])c([2H])c4c3c2[2H])c1[2H]. The third kappa shape index (κ3) is 4.46. The highest BCUT2D eigenvalue weighted by atomic mass is 16.3. The number of rotatable bonds is 4. The molecule has 0 bridgehead atoms. The molecule has 0 N–H and O–H groups in total. The molecule has 0 atom stereocenters. The van der Waals surface area contributed by atoms with E-state index in [1.807, 2.05) is 24.3 Å². The van der Waals surface area contributed by atoms with Gasteiger partial charge in [-0.2, -0.15) is 0 Å². The summed E-state index contributed by atoms with van der Waals surface area (Å²) in [4.78, 5) is 0. The van der Waals surface area contributed by atoms with Gasteiger partial charge in [0.15, 0.2) is 0 Å². The van der Waals surface area contributed by atoms with Crippen LogP contribution in [0.25, 0.3) is 131 Å². The lowest BCUT2D eigenvalue weighted by Gasteiger charge is -2.19. The predicted molar refractivity (Wildman–Crippen MR) is 243 cm³/mol. The third-order valence-corrected chi connectivity index (χ3v) is 11.7. The van der Waals surface area contributed by atoms with Gasteiger partial charge in [-0.3, -0.25) is 0 Å². The summed E-state index contributed by atoms with van der Waals surface area (Å²) in [5.74, 6) is 0. The molecule has 13 rings (SSSR count). The number of benzene rings is 12. The smallest absolute Gasteiger partial charge is 0.135 e. The second kappa shape index (κ2) is 11.5. The maximum Gasteiger partial charge on any atom is 0.135 e. The summed E-state index contributed by atoms with van der Waals surface area (Å²) < 4.78 is 106. The third-order valence-electron chi connectivity index (χ3n) is 11.7. The fourth-order valence-electron chi connectivity index (χ4n) is 9.14. The zero-order chi connectivity index (χ0) is 46.8. The van der Waals surface area contributed by atoms with Crippen molar-refractivity contribution < 1.29 is 19.5 Å². The second-order valence-corrected chi connectivity index (χ2v) is 14.7. The molecule has 0 spiro atoms. The Labute approximate surface area is 343 Å². The second-order valence-electron chi connectivity index (χ2n) is 14.7. The molecule has 262 valence electrons. The largest absolute Gasteiger partial charge is 0.456 e. The van der Waals surface area contributed by atoms with Crippen LogP contribution in [0.2, 0.25) is 0 Å². The Morgan fingerprint density at radius 3 is 1.58 bits per heavy atom. The van der Waals surface area contributed by atoms with Gasteiger partial charge >= 0.3 is 0 Å². The maximum absolute atomic E-state index is 9.98. The van der Waals surface area contributed by atoms with Gasteiger partial charge < -0.3 is 4.42 Å². The van der Waals surface area contributed by atoms with Crippen molar-refractivity contribution in [3.63, 3.8) is 0 Å². The van der Waals surface area contributed by atoms with Crippen molar-refractivity contribution in [3.05, 3.63) is 194 Å². The number of hydrogen-bond acceptors (Lipinski definition) is 1. The summed E-state index contributed by atoms with van der Waals surface area (Å²) in [6.45, 7) is 0. The summed E-state index contributed by atoms with van der Waals surface area (Å²) in [7, 11) is 0. The zero-order valence-electron chi connectivity index (χ0n) is 41.0. The van der Waals surface area contributed by atoms with E-state index in [2.05, 4.69) is 103 Å². The van der Waals surface area contributed by atoms with E-state index in [1.54, 1.807) is 0 Å². The number of furan rings is 1. The minimum absolute atomic E-state index is 0.00646. The quantitative estimate of drug-likeness (QED) is 0.164. The molecule has 1 aromatic heterocycles. The molecule has 12 aromatic carbocycles. The topological polar surface area (TPSA) is 13.1 Å². The molecule has 0 amide bonds. The highest BCUT2D eigenvalue weighted by Gasteiger charge is 2.19. The molecular weight excluding hydrogens is 689 g/mol. The monoisotopic (exact) mass is 731 g/mol. The van der Waals surface area contributed by atoms with Gasteiger partial charge in [0.1, 0.15) is 11.2 Å². The molecule has 0 fully saturated rings. The molecule has 0 aliphatic rings. The van der Waals surface area contributed by atoms with Gasteiger partial charge in [-0.15, -0.1) is 0 Å². The van der Waals surface area contributed by atoms with Gasteiger partial charge in [-0.1, -0.05) is 164 Å². The molecule has 1 heteroatoms. The Balaban J connectivity index is 1.13. The highest BCUT2D eigenvalue weighted by Crippen LogP contribution is 2.46. The van der Waals surface area contributed by atoms with E-state index in [-0.39, 0.29) is 38.6 Å². The molecule has 13 aromatic rings. The average Bonchev–Trinajstić information content (AvgIpc) is 3.77. The number of para-hydroxylation sites is 1. The van der Waals surface area contributed by atoms with Crippen LogP contribution in [-0.4, -0.2) is 0 Å². The van der Waals surface area contributed by atoms with Crippen LogP contribution >= 0.6 is 0 Å². The summed E-state index contributed by atoms with van der Waals surface area (Å²) in [6, 6.07) is 38.0.